The van der Waals surface area contributed by atoms with Crippen LogP contribution in [-0.2, 0) is 4.74 Å². The molecule has 6 heteroatoms. The summed E-state index contributed by atoms with van der Waals surface area (Å²) in [7, 11) is 0. The summed E-state index contributed by atoms with van der Waals surface area (Å²) in [6, 6.07) is 17.7. The number of carbonyl (C=O) groups is 2. The number of rotatable bonds is 3. The van der Waals surface area contributed by atoms with Crippen molar-refractivity contribution in [3.63, 3.8) is 0 Å². The number of hydrogen-bond acceptors (Lipinski definition) is 3. The largest absolute Gasteiger partial charge is 0.450 e. The molecule has 136 valence electrons. The van der Waals surface area contributed by atoms with E-state index in [1.807, 2.05) is 42.5 Å². The lowest BCUT2D eigenvalue weighted by Crippen LogP contribution is -2.51. The van der Waals surface area contributed by atoms with Crippen LogP contribution in [0, 0.1) is 0 Å². The maximum atomic E-state index is 12.4. The van der Waals surface area contributed by atoms with Crippen LogP contribution in [0.25, 0.3) is 11.1 Å². The number of urea groups is 1. The van der Waals surface area contributed by atoms with Gasteiger partial charge in [0.15, 0.2) is 0 Å². The Kier molecular flexibility index (Phi) is 5.73. The minimum Gasteiger partial charge on any atom is -0.450 e. The van der Waals surface area contributed by atoms with Crippen LogP contribution in [-0.4, -0.2) is 54.7 Å². The van der Waals surface area contributed by atoms with Crippen LogP contribution in [0.5, 0.6) is 0 Å². The third kappa shape index (κ3) is 4.33. The van der Waals surface area contributed by atoms with E-state index in [0.717, 1.165) is 16.8 Å². The second kappa shape index (κ2) is 8.38. The molecule has 6 nitrogen and oxygen atoms in total. The topological polar surface area (TPSA) is 61.9 Å². The average molecular weight is 353 g/mol. The Morgan fingerprint density at radius 2 is 1.46 bits per heavy atom. The lowest BCUT2D eigenvalue weighted by molar-refractivity contribution is 0.0868. The van der Waals surface area contributed by atoms with E-state index < -0.39 is 0 Å². The van der Waals surface area contributed by atoms with Crippen LogP contribution >= 0.6 is 0 Å². The molecule has 1 saturated heterocycles. The van der Waals surface area contributed by atoms with Crippen molar-refractivity contribution in [2.75, 3.05) is 38.1 Å². The summed E-state index contributed by atoms with van der Waals surface area (Å²) < 4.78 is 4.99. The van der Waals surface area contributed by atoms with Gasteiger partial charge in [0.05, 0.1) is 6.61 Å². The Bertz CT molecular complexity index is 739. The molecule has 2 aromatic rings. The van der Waals surface area contributed by atoms with Gasteiger partial charge in [-0.25, -0.2) is 9.59 Å². The van der Waals surface area contributed by atoms with Gasteiger partial charge in [0.1, 0.15) is 0 Å². The molecule has 0 aromatic heterocycles. The highest BCUT2D eigenvalue weighted by molar-refractivity contribution is 5.89. The van der Waals surface area contributed by atoms with E-state index >= 15 is 0 Å². The number of hydrogen-bond donors (Lipinski definition) is 1. The smallest absolute Gasteiger partial charge is 0.409 e. The van der Waals surface area contributed by atoms with Gasteiger partial charge in [0, 0.05) is 31.9 Å². The van der Waals surface area contributed by atoms with Crippen LogP contribution in [0.15, 0.2) is 54.6 Å². The maximum Gasteiger partial charge on any atom is 0.409 e. The Morgan fingerprint density at radius 3 is 2.08 bits per heavy atom. The molecule has 0 aliphatic carbocycles. The monoisotopic (exact) mass is 353 g/mol. The van der Waals surface area contributed by atoms with E-state index in [9.17, 15) is 9.59 Å². The van der Waals surface area contributed by atoms with Gasteiger partial charge < -0.3 is 19.9 Å². The fraction of sp³-hybridized carbons (Fsp3) is 0.300. The van der Waals surface area contributed by atoms with Crippen molar-refractivity contribution in [1.29, 1.82) is 0 Å². The SMILES string of the molecule is CCOC(=O)N1CCN(C(=O)Nc2ccc(-c3ccccc3)cc2)CC1. The normalized spacial score (nSPS) is 14.0. The maximum absolute atomic E-state index is 12.4. The van der Waals surface area contributed by atoms with Gasteiger partial charge in [-0.1, -0.05) is 42.5 Å². The molecular formula is C20H23N3O3. The van der Waals surface area contributed by atoms with E-state index in [-0.39, 0.29) is 12.1 Å². The third-order valence-electron chi connectivity index (χ3n) is 4.34. The zero-order valence-electron chi connectivity index (χ0n) is 14.9. The molecule has 0 spiro atoms. The Hall–Kier alpha value is -3.02. The molecule has 0 saturated carbocycles. The number of ether oxygens (including phenoxy) is 1. The van der Waals surface area contributed by atoms with Gasteiger partial charge in [0.25, 0.3) is 0 Å². The first-order valence-corrected chi connectivity index (χ1v) is 8.80. The Labute approximate surface area is 153 Å². The van der Waals surface area contributed by atoms with Crippen LogP contribution in [0.1, 0.15) is 6.92 Å². The van der Waals surface area contributed by atoms with Crippen molar-refractivity contribution < 1.29 is 14.3 Å². The predicted molar refractivity (Wildman–Crippen MR) is 101 cm³/mol. The number of carbonyl (C=O) groups excluding carboxylic acids is 2. The summed E-state index contributed by atoms with van der Waals surface area (Å²) in [5, 5.41) is 2.91. The van der Waals surface area contributed by atoms with Crippen molar-refractivity contribution in [2.24, 2.45) is 0 Å². The summed E-state index contributed by atoms with van der Waals surface area (Å²) in [6.45, 7) is 4.10. The average Bonchev–Trinajstić information content (AvgIpc) is 2.69. The highest BCUT2D eigenvalue weighted by Crippen LogP contribution is 2.21. The van der Waals surface area contributed by atoms with Gasteiger partial charge in [0.2, 0.25) is 0 Å². The van der Waals surface area contributed by atoms with Crippen molar-refractivity contribution in [2.45, 2.75) is 6.92 Å². The highest BCUT2D eigenvalue weighted by Gasteiger charge is 2.24. The molecule has 0 bridgehead atoms. The first-order chi connectivity index (χ1) is 12.7. The molecule has 0 atom stereocenters. The first-order valence-electron chi connectivity index (χ1n) is 8.80. The molecule has 1 fully saturated rings. The molecule has 3 amide bonds. The van der Waals surface area contributed by atoms with Crippen LogP contribution in [0.3, 0.4) is 0 Å². The zero-order chi connectivity index (χ0) is 18.4. The first kappa shape index (κ1) is 17.8. The summed E-state index contributed by atoms with van der Waals surface area (Å²) >= 11 is 0. The van der Waals surface area contributed by atoms with E-state index in [4.69, 9.17) is 4.74 Å². The second-order valence-electron chi connectivity index (χ2n) is 6.05. The minimum atomic E-state index is -0.316. The molecule has 26 heavy (non-hydrogen) atoms. The lowest BCUT2D eigenvalue weighted by atomic mass is 10.1. The van der Waals surface area contributed by atoms with Crippen molar-refractivity contribution in [3.05, 3.63) is 54.6 Å². The fourth-order valence-electron chi connectivity index (χ4n) is 2.89. The molecule has 1 aliphatic rings. The van der Waals surface area contributed by atoms with E-state index in [0.29, 0.717) is 32.8 Å². The molecular weight excluding hydrogens is 330 g/mol. The Balaban J connectivity index is 1.53. The minimum absolute atomic E-state index is 0.152. The van der Waals surface area contributed by atoms with E-state index in [2.05, 4.69) is 17.4 Å². The second-order valence-corrected chi connectivity index (χ2v) is 6.05. The Morgan fingerprint density at radius 1 is 0.885 bits per heavy atom. The predicted octanol–water partition coefficient (Wildman–Crippen LogP) is 3.66. The van der Waals surface area contributed by atoms with Crippen LogP contribution < -0.4 is 5.32 Å². The van der Waals surface area contributed by atoms with Crippen molar-refractivity contribution in [1.82, 2.24) is 9.80 Å². The van der Waals surface area contributed by atoms with E-state index in [1.165, 1.54) is 0 Å². The molecule has 1 N–H and O–H groups in total. The zero-order valence-corrected chi connectivity index (χ0v) is 14.9. The fourth-order valence-corrected chi connectivity index (χ4v) is 2.89. The number of amides is 3. The molecule has 1 aliphatic heterocycles. The molecule has 1 heterocycles. The van der Waals surface area contributed by atoms with Crippen molar-refractivity contribution >= 4 is 17.8 Å². The lowest BCUT2D eigenvalue weighted by Gasteiger charge is -2.34. The van der Waals surface area contributed by atoms with Gasteiger partial charge in [-0.15, -0.1) is 0 Å². The van der Waals surface area contributed by atoms with Gasteiger partial charge in [-0.05, 0) is 30.2 Å². The number of nitrogens with one attached hydrogen (secondary N) is 1. The number of nitrogens with zero attached hydrogens (tertiary/aromatic N) is 2. The quantitative estimate of drug-likeness (QED) is 0.916. The van der Waals surface area contributed by atoms with Crippen LogP contribution in [0.2, 0.25) is 0 Å². The summed E-state index contributed by atoms with van der Waals surface area (Å²) in [5.74, 6) is 0. The summed E-state index contributed by atoms with van der Waals surface area (Å²) in [5.41, 5.74) is 3.00. The molecule has 0 radical (unpaired) electrons. The van der Waals surface area contributed by atoms with E-state index in [1.54, 1.807) is 16.7 Å². The summed E-state index contributed by atoms with van der Waals surface area (Å²) in [4.78, 5) is 27.4. The number of anilines is 1. The van der Waals surface area contributed by atoms with Gasteiger partial charge >= 0.3 is 12.1 Å². The molecule has 3 rings (SSSR count). The molecule has 2 aromatic carbocycles. The molecule has 0 unspecified atom stereocenters. The van der Waals surface area contributed by atoms with Gasteiger partial charge in [-0.3, -0.25) is 0 Å². The van der Waals surface area contributed by atoms with Gasteiger partial charge in [-0.2, -0.15) is 0 Å². The standard InChI is InChI=1S/C20H23N3O3/c1-2-26-20(25)23-14-12-22(13-15-23)19(24)21-18-10-8-17(9-11-18)16-6-4-3-5-7-16/h3-11H,2,12-15H2,1H3,(H,21,24). The van der Waals surface area contributed by atoms with Crippen LogP contribution in [0.4, 0.5) is 15.3 Å². The number of piperazine rings is 1. The number of benzene rings is 2. The third-order valence-corrected chi connectivity index (χ3v) is 4.34. The highest BCUT2D eigenvalue weighted by atomic mass is 16.6. The summed E-state index contributed by atoms with van der Waals surface area (Å²) in [6.07, 6.45) is -0.316. The van der Waals surface area contributed by atoms with Crippen molar-refractivity contribution in [3.8, 4) is 11.1 Å².